The number of aliphatic hydroxyl groups excluding tert-OH is 2. The van der Waals surface area contributed by atoms with Crippen LogP contribution >= 0.6 is 0 Å². The highest BCUT2D eigenvalue weighted by molar-refractivity contribution is 7.85. The van der Waals surface area contributed by atoms with E-state index in [2.05, 4.69) is 55.6 Å². The van der Waals surface area contributed by atoms with E-state index in [1.807, 2.05) is 0 Å². The van der Waals surface area contributed by atoms with Gasteiger partial charge < -0.3 is 15.5 Å². The number of rotatable bonds is 31. The van der Waals surface area contributed by atoms with Gasteiger partial charge in [-0.3, -0.25) is 9.35 Å². The number of hydrogen-bond donors (Lipinski definition) is 4. The van der Waals surface area contributed by atoms with E-state index in [9.17, 15) is 28.0 Å². The lowest BCUT2D eigenvalue weighted by Gasteiger charge is -2.22. The van der Waals surface area contributed by atoms with Gasteiger partial charge in [-0.1, -0.05) is 140 Å². The molecule has 3 atom stereocenters. The largest absolute Gasteiger partial charge is 0.387 e. The molecule has 0 aliphatic rings. The fourth-order valence-corrected chi connectivity index (χ4v) is 5.73. The van der Waals surface area contributed by atoms with Crippen LogP contribution in [0.25, 0.3) is 0 Å². The minimum Gasteiger partial charge on any atom is -0.387 e. The van der Waals surface area contributed by atoms with Crippen molar-refractivity contribution in [1.29, 1.82) is 0 Å². The molecule has 8 heteroatoms. The minimum absolute atomic E-state index is 0.247. The molecule has 3 unspecified atom stereocenters. The van der Waals surface area contributed by atoms with Crippen molar-refractivity contribution < 1.29 is 28.0 Å². The van der Waals surface area contributed by atoms with Crippen molar-refractivity contribution in [2.45, 2.75) is 173 Å². The summed E-state index contributed by atoms with van der Waals surface area (Å²) in [7, 11) is -4.45. The number of carbonyl (C=O) groups excluding carboxylic acids is 1. The highest BCUT2D eigenvalue weighted by Crippen LogP contribution is 2.12. The van der Waals surface area contributed by atoms with E-state index in [1.54, 1.807) is 6.08 Å². The zero-order chi connectivity index (χ0) is 33.4. The summed E-state index contributed by atoms with van der Waals surface area (Å²) in [5.74, 6) is -1.59. The number of unbranched alkanes of at least 4 members (excludes halogenated alkanes) is 16. The Morgan fingerprint density at radius 3 is 1.53 bits per heavy atom. The predicted octanol–water partition coefficient (Wildman–Crippen LogP) is 8.93. The molecule has 0 saturated carbocycles. The topological polar surface area (TPSA) is 124 Å². The Balaban J connectivity index is 4.21. The maximum Gasteiger partial charge on any atom is 0.267 e. The van der Waals surface area contributed by atoms with Crippen LogP contribution in [0.15, 0.2) is 48.6 Å². The summed E-state index contributed by atoms with van der Waals surface area (Å²) in [6.45, 7) is 4.42. The van der Waals surface area contributed by atoms with E-state index in [1.165, 1.54) is 76.7 Å². The molecule has 262 valence electrons. The molecule has 0 aliphatic heterocycles. The van der Waals surface area contributed by atoms with Crippen molar-refractivity contribution in [1.82, 2.24) is 5.32 Å². The van der Waals surface area contributed by atoms with E-state index in [0.29, 0.717) is 12.8 Å². The Labute approximate surface area is 276 Å². The first kappa shape index (κ1) is 43.3. The van der Waals surface area contributed by atoms with Gasteiger partial charge in [0, 0.05) is 0 Å². The van der Waals surface area contributed by atoms with Crippen molar-refractivity contribution in [3.63, 3.8) is 0 Å². The highest BCUT2D eigenvalue weighted by atomic mass is 32.2. The molecular weight excluding hydrogens is 586 g/mol. The summed E-state index contributed by atoms with van der Waals surface area (Å²) in [6, 6.07) is -1.26. The Hall–Kier alpha value is -1.74. The fraction of sp³-hybridized carbons (Fsp3) is 0.757. The minimum atomic E-state index is -4.45. The smallest absolute Gasteiger partial charge is 0.267 e. The van der Waals surface area contributed by atoms with E-state index in [0.717, 1.165) is 51.4 Å². The third-order valence-corrected chi connectivity index (χ3v) is 8.59. The monoisotopic (exact) mass is 653 g/mol. The highest BCUT2D eigenvalue weighted by Gasteiger charge is 2.27. The molecule has 0 fully saturated rings. The van der Waals surface area contributed by atoms with Crippen LogP contribution in [0.5, 0.6) is 0 Å². The molecule has 0 rings (SSSR count). The van der Waals surface area contributed by atoms with Gasteiger partial charge >= 0.3 is 0 Å². The molecule has 0 spiro atoms. The molecule has 1 amide bonds. The van der Waals surface area contributed by atoms with Crippen LogP contribution in [0.2, 0.25) is 0 Å². The lowest BCUT2D eigenvalue weighted by Crippen LogP contribution is -2.50. The molecule has 45 heavy (non-hydrogen) atoms. The van der Waals surface area contributed by atoms with Gasteiger partial charge in [-0.2, -0.15) is 8.42 Å². The lowest BCUT2D eigenvalue weighted by atomic mass is 10.1. The SMILES string of the molecule is CCCC/C=C\CCCCCC(O)C(=O)NC(CS(=O)(=O)O)C(O)/C=C/CC/C=C/CC/C=C/CCCCCCCCCCC. The number of allylic oxidation sites excluding steroid dienone is 7. The number of hydrogen-bond acceptors (Lipinski definition) is 5. The summed E-state index contributed by atoms with van der Waals surface area (Å²) >= 11 is 0. The quantitative estimate of drug-likeness (QED) is 0.0336. The van der Waals surface area contributed by atoms with Crippen molar-refractivity contribution in [2.75, 3.05) is 5.75 Å². The first-order chi connectivity index (χ1) is 21.7. The van der Waals surface area contributed by atoms with E-state index >= 15 is 0 Å². The Morgan fingerprint density at radius 2 is 1.02 bits per heavy atom. The lowest BCUT2D eigenvalue weighted by molar-refractivity contribution is -0.130. The maximum atomic E-state index is 12.5. The van der Waals surface area contributed by atoms with Crippen molar-refractivity contribution >= 4 is 16.0 Å². The molecular formula is C37H67NO6S. The van der Waals surface area contributed by atoms with Crippen molar-refractivity contribution in [2.24, 2.45) is 0 Å². The molecule has 0 aromatic heterocycles. The summed E-state index contributed by atoms with van der Waals surface area (Å²) in [5, 5.41) is 23.2. The molecule has 4 N–H and O–H groups in total. The third kappa shape index (κ3) is 30.7. The number of carbonyl (C=O) groups is 1. The molecule has 0 heterocycles. The van der Waals surface area contributed by atoms with Gasteiger partial charge in [-0.05, 0) is 64.2 Å². The van der Waals surface area contributed by atoms with Crippen LogP contribution < -0.4 is 5.32 Å². The average molecular weight is 654 g/mol. The molecule has 0 radical (unpaired) electrons. The van der Waals surface area contributed by atoms with E-state index in [4.69, 9.17) is 0 Å². The van der Waals surface area contributed by atoms with Gasteiger partial charge in [0.15, 0.2) is 0 Å². The molecule has 0 aromatic carbocycles. The van der Waals surface area contributed by atoms with Gasteiger partial charge in [-0.15, -0.1) is 0 Å². The Bertz CT molecular complexity index is 912. The van der Waals surface area contributed by atoms with E-state index < -0.39 is 40.0 Å². The summed E-state index contributed by atoms with van der Waals surface area (Å²) in [4.78, 5) is 12.5. The summed E-state index contributed by atoms with van der Waals surface area (Å²) < 4.78 is 32.3. The Morgan fingerprint density at radius 1 is 0.600 bits per heavy atom. The number of nitrogens with one attached hydrogen (secondary N) is 1. The number of amides is 1. The predicted molar refractivity (Wildman–Crippen MR) is 190 cm³/mol. The fourth-order valence-electron chi connectivity index (χ4n) is 5.00. The first-order valence-corrected chi connectivity index (χ1v) is 19.6. The van der Waals surface area contributed by atoms with Gasteiger partial charge in [0.05, 0.1) is 17.9 Å². The van der Waals surface area contributed by atoms with Gasteiger partial charge in [0.1, 0.15) is 6.10 Å². The van der Waals surface area contributed by atoms with Crippen LogP contribution in [-0.4, -0.2) is 53.1 Å². The number of aliphatic hydroxyl groups is 2. The van der Waals surface area contributed by atoms with Crippen LogP contribution in [0.4, 0.5) is 0 Å². The molecule has 7 nitrogen and oxygen atoms in total. The molecule has 0 bridgehead atoms. The molecule has 0 aliphatic carbocycles. The molecule has 0 saturated heterocycles. The van der Waals surface area contributed by atoms with Gasteiger partial charge in [-0.25, -0.2) is 0 Å². The van der Waals surface area contributed by atoms with Crippen LogP contribution in [0, 0.1) is 0 Å². The summed E-state index contributed by atoms with van der Waals surface area (Å²) in [5.41, 5.74) is 0. The third-order valence-electron chi connectivity index (χ3n) is 7.81. The zero-order valence-electron chi connectivity index (χ0n) is 28.6. The second kappa shape index (κ2) is 30.9. The summed E-state index contributed by atoms with van der Waals surface area (Å²) in [6.07, 6.45) is 37.6. The van der Waals surface area contributed by atoms with Crippen molar-refractivity contribution in [3.8, 4) is 0 Å². The second-order valence-electron chi connectivity index (χ2n) is 12.3. The average Bonchev–Trinajstić information content (AvgIpc) is 3.00. The second-order valence-corrected chi connectivity index (χ2v) is 13.8. The normalized spacial score (nSPS) is 14.7. The van der Waals surface area contributed by atoms with Gasteiger partial charge in [0.25, 0.3) is 10.1 Å². The molecule has 0 aromatic rings. The maximum absolute atomic E-state index is 12.5. The van der Waals surface area contributed by atoms with Crippen molar-refractivity contribution in [3.05, 3.63) is 48.6 Å². The van der Waals surface area contributed by atoms with Gasteiger partial charge in [0.2, 0.25) is 5.91 Å². The van der Waals surface area contributed by atoms with Crippen LogP contribution in [-0.2, 0) is 14.9 Å². The van der Waals surface area contributed by atoms with Crippen LogP contribution in [0.3, 0.4) is 0 Å². The zero-order valence-corrected chi connectivity index (χ0v) is 29.4. The van der Waals surface area contributed by atoms with Crippen LogP contribution in [0.1, 0.15) is 155 Å². The van der Waals surface area contributed by atoms with E-state index in [-0.39, 0.29) is 6.42 Å². The first-order valence-electron chi connectivity index (χ1n) is 17.9. The Kier molecular flexibility index (Phi) is 29.7. The standard InChI is InChI=1S/C37H67NO6S/c1-3-5-7-9-11-13-14-15-16-17-18-19-20-21-22-24-25-27-29-31-35(39)34(33-45(42,43)44)38-37(41)36(40)32-30-28-26-23-12-10-8-6-4-2/h10,12,18-19,22,24,29,31,34-36,39-40H,3-9,11,13-17,20-21,23,25-28,30,32-33H2,1-2H3,(H,38,41)(H,42,43,44)/b12-10-,19-18+,24-22+,31-29+.